The number of rotatable bonds is 8. The summed E-state index contributed by atoms with van der Waals surface area (Å²) in [6, 6.07) is 0. The maximum Gasteiger partial charge on any atom is 0.211 e. The van der Waals surface area contributed by atoms with Gasteiger partial charge in [0.1, 0.15) is 9.84 Å². The summed E-state index contributed by atoms with van der Waals surface area (Å²) in [5.41, 5.74) is 0. The van der Waals surface area contributed by atoms with Gasteiger partial charge in [0.15, 0.2) is 0 Å². The van der Waals surface area contributed by atoms with Crippen LogP contribution in [0.15, 0.2) is 0 Å². The van der Waals surface area contributed by atoms with Crippen molar-refractivity contribution in [2.75, 3.05) is 30.2 Å². The Labute approximate surface area is 96.2 Å². The molecule has 0 aromatic rings. The minimum Gasteiger partial charge on any atom is -0.229 e. The highest BCUT2D eigenvalue weighted by Crippen LogP contribution is 1.96. The van der Waals surface area contributed by atoms with Gasteiger partial charge in [0.05, 0.1) is 11.5 Å². The van der Waals surface area contributed by atoms with E-state index in [2.05, 4.69) is 4.72 Å². The lowest BCUT2D eigenvalue weighted by Crippen LogP contribution is -2.30. The highest BCUT2D eigenvalue weighted by molar-refractivity contribution is 7.91. The van der Waals surface area contributed by atoms with Crippen molar-refractivity contribution < 1.29 is 16.8 Å². The van der Waals surface area contributed by atoms with E-state index in [1.54, 1.807) is 0 Å². The molecule has 0 unspecified atom stereocenters. The molecule has 1 N–H and O–H groups in total. The number of hydrogen-bond donors (Lipinski definition) is 1. The summed E-state index contributed by atoms with van der Waals surface area (Å²) in [5, 5.41) is 0. The monoisotopic (exact) mass is 277 g/mol. The van der Waals surface area contributed by atoms with Gasteiger partial charge >= 0.3 is 0 Å². The molecule has 8 heteroatoms. The van der Waals surface area contributed by atoms with Gasteiger partial charge in [-0.1, -0.05) is 0 Å². The second-order valence-corrected chi connectivity index (χ2v) is 7.80. The largest absolute Gasteiger partial charge is 0.229 e. The molecule has 0 aliphatic carbocycles. The molecule has 0 aromatic carbocycles. The zero-order valence-corrected chi connectivity index (χ0v) is 11.0. The Bertz CT molecular complexity index is 362. The minimum absolute atomic E-state index is 0.0104. The fourth-order valence-corrected chi connectivity index (χ4v) is 2.77. The molecule has 0 aliphatic rings. The van der Waals surface area contributed by atoms with Crippen molar-refractivity contribution in [3.8, 4) is 0 Å². The lowest BCUT2D eigenvalue weighted by Gasteiger charge is -2.04. The van der Waals surface area contributed by atoms with E-state index < -0.39 is 19.9 Å². The molecule has 0 radical (unpaired) electrons. The first-order valence-electron chi connectivity index (χ1n) is 4.48. The second kappa shape index (κ2) is 6.67. The molecule has 0 aliphatic heterocycles. The molecule has 0 saturated heterocycles. The Balaban J connectivity index is 3.85. The van der Waals surface area contributed by atoms with Gasteiger partial charge in [-0.05, 0) is 12.8 Å². The smallest absolute Gasteiger partial charge is 0.211 e. The number of sulfonamides is 1. The number of nitrogens with one attached hydrogen (secondary N) is 1. The molecular formula is C7H16ClNO4S2. The summed E-state index contributed by atoms with van der Waals surface area (Å²) in [6.45, 7) is -0.0674. The van der Waals surface area contributed by atoms with E-state index in [0.717, 1.165) is 6.26 Å². The van der Waals surface area contributed by atoms with Crippen LogP contribution in [-0.4, -0.2) is 47.0 Å². The van der Waals surface area contributed by atoms with E-state index in [4.69, 9.17) is 11.6 Å². The molecule has 0 saturated carbocycles. The summed E-state index contributed by atoms with van der Waals surface area (Å²) in [6.07, 6.45) is 2.18. The summed E-state index contributed by atoms with van der Waals surface area (Å²) in [4.78, 5) is 0. The van der Waals surface area contributed by atoms with Crippen molar-refractivity contribution in [3.63, 3.8) is 0 Å². The Kier molecular flexibility index (Phi) is 6.74. The molecule has 0 aromatic heterocycles. The second-order valence-electron chi connectivity index (χ2n) is 3.24. The molecule has 15 heavy (non-hydrogen) atoms. The molecule has 0 spiro atoms. The fraction of sp³-hybridized carbons (Fsp3) is 1.00. The average molecular weight is 278 g/mol. The van der Waals surface area contributed by atoms with Crippen molar-refractivity contribution >= 4 is 31.5 Å². The number of alkyl halides is 1. The normalized spacial score (nSPS) is 12.9. The summed E-state index contributed by atoms with van der Waals surface area (Å²) in [5.74, 6) is 0.240. The quantitative estimate of drug-likeness (QED) is 0.499. The maximum absolute atomic E-state index is 11.2. The molecule has 0 atom stereocenters. The molecule has 0 rings (SSSR count). The number of sulfone groups is 1. The third-order valence-corrected chi connectivity index (χ3v) is 4.27. The van der Waals surface area contributed by atoms with E-state index in [9.17, 15) is 16.8 Å². The van der Waals surface area contributed by atoms with Gasteiger partial charge in [-0.2, -0.15) is 0 Å². The lowest BCUT2D eigenvalue weighted by atomic mass is 10.4. The predicted molar refractivity (Wildman–Crippen MR) is 61.5 cm³/mol. The average Bonchev–Trinajstić information content (AvgIpc) is 2.01. The Morgan fingerprint density at radius 2 is 1.67 bits per heavy atom. The minimum atomic E-state index is -3.35. The van der Waals surface area contributed by atoms with Gasteiger partial charge in [0.2, 0.25) is 10.0 Å². The Morgan fingerprint density at radius 1 is 1.07 bits per heavy atom. The van der Waals surface area contributed by atoms with Gasteiger partial charge in [0.25, 0.3) is 0 Å². The number of unbranched alkanes of at least 4 members (excludes halogenated alkanes) is 1. The molecule has 0 fully saturated rings. The van der Waals surface area contributed by atoms with Gasteiger partial charge in [-0.3, -0.25) is 0 Å². The van der Waals surface area contributed by atoms with Crippen LogP contribution in [0, 0.1) is 0 Å². The van der Waals surface area contributed by atoms with Gasteiger partial charge in [0, 0.05) is 18.7 Å². The molecule has 5 nitrogen and oxygen atoms in total. The predicted octanol–water partition coefficient (Wildman–Crippen LogP) is -0.0306. The highest BCUT2D eigenvalue weighted by Gasteiger charge is 2.10. The van der Waals surface area contributed by atoms with Crippen molar-refractivity contribution in [1.82, 2.24) is 4.72 Å². The molecule has 92 valence electrons. The molecule has 0 heterocycles. The fourth-order valence-electron chi connectivity index (χ4n) is 0.841. The van der Waals surface area contributed by atoms with Crippen molar-refractivity contribution in [1.29, 1.82) is 0 Å². The first-order valence-corrected chi connectivity index (χ1v) is 8.72. The summed E-state index contributed by atoms with van der Waals surface area (Å²) >= 11 is 5.40. The van der Waals surface area contributed by atoms with E-state index in [1.807, 2.05) is 0 Å². The Morgan fingerprint density at radius 3 is 2.13 bits per heavy atom. The van der Waals surface area contributed by atoms with Gasteiger partial charge in [-0.25, -0.2) is 21.6 Å². The van der Waals surface area contributed by atoms with Gasteiger partial charge in [-0.15, -0.1) is 11.6 Å². The Hall–Kier alpha value is 0.150. The highest BCUT2D eigenvalue weighted by atomic mass is 35.5. The summed E-state index contributed by atoms with van der Waals surface area (Å²) in [7, 11) is -6.47. The maximum atomic E-state index is 11.2. The zero-order valence-electron chi connectivity index (χ0n) is 8.57. The van der Waals surface area contributed by atoms with Crippen molar-refractivity contribution in [2.45, 2.75) is 12.8 Å². The van der Waals surface area contributed by atoms with Crippen LogP contribution in [0.2, 0.25) is 0 Å². The van der Waals surface area contributed by atoms with Gasteiger partial charge < -0.3 is 0 Å². The van der Waals surface area contributed by atoms with Crippen LogP contribution in [-0.2, 0) is 19.9 Å². The van der Waals surface area contributed by atoms with Crippen LogP contribution in [0.25, 0.3) is 0 Å². The first kappa shape index (κ1) is 15.2. The van der Waals surface area contributed by atoms with E-state index in [1.165, 1.54) is 0 Å². The number of halogens is 1. The van der Waals surface area contributed by atoms with Crippen LogP contribution in [0.5, 0.6) is 0 Å². The first-order chi connectivity index (χ1) is 6.77. The van der Waals surface area contributed by atoms with Crippen LogP contribution in [0.1, 0.15) is 12.8 Å². The third kappa shape index (κ3) is 10.4. The van der Waals surface area contributed by atoms with Crippen molar-refractivity contribution in [3.05, 3.63) is 0 Å². The molecular weight excluding hydrogens is 262 g/mol. The summed E-state index contributed by atoms with van der Waals surface area (Å²) < 4.78 is 46.2. The van der Waals surface area contributed by atoms with E-state index in [-0.39, 0.29) is 18.1 Å². The van der Waals surface area contributed by atoms with Crippen LogP contribution in [0.4, 0.5) is 0 Å². The topological polar surface area (TPSA) is 80.3 Å². The lowest BCUT2D eigenvalue weighted by molar-refractivity contribution is 0.579. The van der Waals surface area contributed by atoms with Crippen LogP contribution in [0.3, 0.4) is 0 Å². The van der Waals surface area contributed by atoms with Crippen LogP contribution < -0.4 is 4.72 Å². The standard InChI is InChI=1S/C7H16ClNO4S2/c1-14(10,11)7-5-9-15(12,13)6-3-2-4-8/h9H,2-7H2,1H3. The third-order valence-electron chi connectivity index (χ3n) is 1.59. The van der Waals surface area contributed by atoms with E-state index >= 15 is 0 Å². The van der Waals surface area contributed by atoms with E-state index in [0.29, 0.717) is 18.7 Å². The van der Waals surface area contributed by atoms with Crippen LogP contribution >= 0.6 is 11.6 Å². The molecule has 0 amide bonds. The number of hydrogen-bond acceptors (Lipinski definition) is 4. The molecule has 0 bridgehead atoms. The SMILES string of the molecule is CS(=O)(=O)CCNS(=O)(=O)CCCCCl. The van der Waals surface area contributed by atoms with Crippen molar-refractivity contribution in [2.24, 2.45) is 0 Å². The zero-order chi connectivity index (χ0) is 11.9.